The zero-order chi connectivity index (χ0) is 25.3. The first-order valence-corrected chi connectivity index (χ1v) is 11.7. The van der Waals surface area contributed by atoms with Crippen LogP contribution >= 0.6 is 0 Å². The first-order chi connectivity index (χ1) is 17.5. The summed E-state index contributed by atoms with van der Waals surface area (Å²) in [5, 5.41) is 4.16. The van der Waals surface area contributed by atoms with Crippen LogP contribution < -0.4 is 5.56 Å². The van der Waals surface area contributed by atoms with Crippen LogP contribution in [-0.4, -0.2) is 32.7 Å². The molecule has 0 aliphatic heterocycles. The fraction of sp³-hybridized carbons (Fsp3) is 0.172. The lowest BCUT2D eigenvalue weighted by Gasteiger charge is -2.26. The molecule has 182 valence electrons. The van der Waals surface area contributed by atoms with Gasteiger partial charge in [0.1, 0.15) is 0 Å². The third kappa shape index (κ3) is 6.54. The van der Waals surface area contributed by atoms with Crippen molar-refractivity contribution in [2.45, 2.75) is 32.7 Å². The second-order valence-electron chi connectivity index (χ2n) is 8.41. The van der Waals surface area contributed by atoms with Crippen molar-refractivity contribution in [3.63, 3.8) is 0 Å². The van der Waals surface area contributed by atoms with Crippen LogP contribution in [0.3, 0.4) is 0 Å². The SMILES string of the molecule is CC(OC(=O)c1ccc(=O)n(Cc2ccccc2)n1)C(=O)N(Cc1ccccc1)Cc1ccccc1. The highest BCUT2D eigenvalue weighted by Crippen LogP contribution is 2.14. The Morgan fingerprint density at radius 1 is 0.778 bits per heavy atom. The van der Waals surface area contributed by atoms with Crippen LogP contribution in [0.1, 0.15) is 34.1 Å². The van der Waals surface area contributed by atoms with E-state index >= 15 is 0 Å². The molecule has 0 saturated carbocycles. The maximum atomic E-state index is 13.4. The minimum atomic E-state index is -1.04. The molecule has 7 heteroatoms. The second kappa shape index (κ2) is 11.8. The van der Waals surface area contributed by atoms with Gasteiger partial charge in [0.05, 0.1) is 6.54 Å². The Kier molecular flexibility index (Phi) is 8.03. The molecule has 4 rings (SSSR count). The molecular formula is C29H27N3O4. The van der Waals surface area contributed by atoms with Gasteiger partial charge in [0.25, 0.3) is 11.5 Å². The predicted octanol–water partition coefficient (Wildman–Crippen LogP) is 4.07. The molecular weight excluding hydrogens is 454 g/mol. The number of carbonyl (C=O) groups is 2. The number of benzene rings is 3. The van der Waals surface area contributed by atoms with Crippen LogP contribution in [-0.2, 0) is 29.2 Å². The molecule has 0 spiro atoms. The Bertz CT molecular complexity index is 1310. The van der Waals surface area contributed by atoms with Gasteiger partial charge in [-0.2, -0.15) is 5.10 Å². The molecule has 0 saturated heterocycles. The van der Waals surface area contributed by atoms with Crippen molar-refractivity contribution in [3.05, 3.63) is 136 Å². The molecule has 1 aromatic heterocycles. The Morgan fingerprint density at radius 3 is 1.81 bits per heavy atom. The summed E-state index contributed by atoms with van der Waals surface area (Å²) in [6.45, 7) is 2.51. The zero-order valence-electron chi connectivity index (χ0n) is 20.0. The van der Waals surface area contributed by atoms with Gasteiger partial charge in [-0.25, -0.2) is 9.48 Å². The van der Waals surface area contributed by atoms with E-state index in [9.17, 15) is 14.4 Å². The van der Waals surface area contributed by atoms with Crippen molar-refractivity contribution in [2.75, 3.05) is 0 Å². The highest BCUT2D eigenvalue weighted by Gasteiger charge is 2.25. The van der Waals surface area contributed by atoms with Crippen LogP contribution in [0.5, 0.6) is 0 Å². The Morgan fingerprint density at radius 2 is 1.28 bits per heavy atom. The maximum absolute atomic E-state index is 13.4. The van der Waals surface area contributed by atoms with Crippen LogP contribution in [0.15, 0.2) is 108 Å². The van der Waals surface area contributed by atoms with E-state index in [0.717, 1.165) is 16.7 Å². The number of amides is 1. The van der Waals surface area contributed by atoms with Gasteiger partial charge in [0.15, 0.2) is 11.8 Å². The predicted molar refractivity (Wildman–Crippen MR) is 136 cm³/mol. The van der Waals surface area contributed by atoms with E-state index in [0.29, 0.717) is 13.1 Å². The van der Waals surface area contributed by atoms with E-state index in [1.807, 2.05) is 91.0 Å². The van der Waals surface area contributed by atoms with Crippen molar-refractivity contribution >= 4 is 11.9 Å². The number of ether oxygens (including phenoxy) is 1. The molecule has 1 amide bonds. The van der Waals surface area contributed by atoms with E-state index in [2.05, 4.69) is 5.10 Å². The zero-order valence-corrected chi connectivity index (χ0v) is 20.0. The lowest BCUT2D eigenvalue weighted by Crippen LogP contribution is -2.39. The molecule has 7 nitrogen and oxygen atoms in total. The fourth-order valence-corrected chi connectivity index (χ4v) is 3.78. The molecule has 4 aromatic rings. The Labute approximate surface area is 209 Å². The van der Waals surface area contributed by atoms with E-state index in [-0.39, 0.29) is 23.7 Å². The minimum Gasteiger partial charge on any atom is -0.448 e. The third-order valence-electron chi connectivity index (χ3n) is 5.63. The van der Waals surface area contributed by atoms with Crippen molar-refractivity contribution < 1.29 is 14.3 Å². The normalized spacial score (nSPS) is 11.5. The van der Waals surface area contributed by atoms with Gasteiger partial charge in [0.2, 0.25) is 0 Å². The van der Waals surface area contributed by atoms with Gasteiger partial charge in [0, 0.05) is 19.2 Å². The van der Waals surface area contributed by atoms with E-state index < -0.39 is 12.1 Å². The molecule has 0 fully saturated rings. The molecule has 3 aromatic carbocycles. The number of nitrogens with zero attached hydrogens (tertiary/aromatic N) is 3. The van der Waals surface area contributed by atoms with Gasteiger partial charge >= 0.3 is 5.97 Å². The van der Waals surface area contributed by atoms with Gasteiger partial charge in [-0.3, -0.25) is 9.59 Å². The smallest absolute Gasteiger partial charge is 0.359 e. The maximum Gasteiger partial charge on any atom is 0.359 e. The minimum absolute atomic E-state index is 0.0390. The van der Waals surface area contributed by atoms with E-state index in [1.54, 1.807) is 11.8 Å². The molecule has 1 heterocycles. The fourth-order valence-electron chi connectivity index (χ4n) is 3.78. The quantitative estimate of drug-likeness (QED) is 0.337. The summed E-state index contributed by atoms with van der Waals surface area (Å²) in [7, 11) is 0. The molecule has 1 atom stereocenters. The molecule has 0 radical (unpaired) electrons. The van der Waals surface area contributed by atoms with E-state index in [1.165, 1.54) is 16.8 Å². The summed E-state index contributed by atoms with van der Waals surface area (Å²) in [6.07, 6.45) is -1.04. The summed E-state index contributed by atoms with van der Waals surface area (Å²) in [5.74, 6) is -1.09. The lowest BCUT2D eigenvalue weighted by atomic mass is 10.1. The highest BCUT2D eigenvalue weighted by atomic mass is 16.5. The van der Waals surface area contributed by atoms with Crippen molar-refractivity contribution in [3.8, 4) is 0 Å². The van der Waals surface area contributed by atoms with Crippen molar-refractivity contribution in [2.24, 2.45) is 0 Å². The van der Waals surface area contributed by atoms with Crippen LogP contribution in [0, 0.1) is 0 Å². The Balaban J connectivity index is 1.48. The first kappa shape index (κ1) is 24.6. The summed E-state index contributed by atoms with van der Waals surface area (Å²) >= 11 is 0. The summed E-state index contributed by atoms with van der Waals surface area (Å²) in [4.78, 5) is 40.1. The van der Waals surface area contributed by atoms with Gasteiger partial charge in [-0.15, -0.1) is 0 Å². The highest BCUT2D eigenvalue weighted by molar-refractivity contribution is 5.90. The molecule has 0 N–H and O–H groups in total. The van der Waals surface area contributed by atoms with Crippen molar-refractivity contribution in [1.82, 2.24) is 14.7 Å². The van der Waals surface area contributed by atoms with Crippen LogP contribution in [0.4, 0.5) is 0 Å². The van der Waals surface area contributed by atoms with E-state index in [4.69, 9.17) is 4.74 Å². The topological polar surface area (TPSA) is 81.5 Å². The number of esters is 1. The Hall–Kier alpha value is -4.52. The van der Waals surface area contributed by atoms with Crippen LogP contribution in [0.2, 0.25) is 0 Å². The second-order valence-corrected chi connectivity index (χ2v) is 8.41. The standard InChI is InChI=1S/C29H27N3O4/c1-22(28(34)31(19-23-11-5-2-6-12-23)20-24-13-7-3-8-14-24)36-29(35)26-17-18-27(33)32(30-26)21-25-15-9-4-10-16-25/h2-18,22H,19-21H2,1H3. The van der Waals surface area contributed by atoms with Gasteiger partial charge in [-0.05, 0) is 29.7 Å². The monoisotopic (exact) mass is 481 g/mol. The largest absolute Gasteiger partial charge is 0.448 e. The number of rotatable bonds is 9. The molecule has 36 heavy (non-hydrogen) atoms. The molecule has 0 aliphatic rings. The number of hydrogen-bond acceptors (Lipinski definition) is 5. The van der Waals surface area contributed by atoms with Gasteiger partial charge in [-0.1, -0.05) is 91.0 Å². The van der Waals surface area contributed by atoms with Crippen LogP contribution in [0.25, 0.3) is 0 Å². The van der Waals surface area contributed by atoms with Gasteiger partial charge < -0.3 is 9.64 Å². The summed E-state index contributed by atoms with van der Waals surface area (Å²) in [6, 6.07) is 31.2. The average Bonchev–Trinajstić information content (AvgIpc) is 2.91. The lowest BCUT2D eigenvalue weighted by molar-refractivity contribution is -0.141. The van der Waals surface area contributed by atoms with Crippen molar-refractivity contribution in [1.29, 1.82) is 0 Å². The average molecular weight is 482 g/mol. The molecule has 0 bridgehead atoms. The summed E-state index contributed by atoms with van der Waals surface area (Å²) in [5.41, 5.74) is 2.43. The first-order valence-electron chi connectivity index (χ1n) is 11.7. The summed E-state index contributed by atoms with van der Waals surface area (Å²) < 4.78 is 6.70. The number of carbonyl (C=O) groups excluding carboxylic acids is 2. The number of hydrogen-bond donors (Lipinski definition) is 0. The molecule has 1 unspecified atom stereocenters. The molecule has 0 aliphatic carbocycles. The third-order valence-corrected chi connectivity index (χ3v) is 5.63. The number of aromatic nitrogens is 2.